The average Bonchev–Trinajstić information content (AvgIpc) is 3.60. The van der Waals surface area contributed by atoms with E-state index < -0.39 is 5.97 Å². The molecule has 1 aliphatic rings. The fourth-order valence-electron chi connectivity index (χ4n) is 5.20. The number of likely N-dealkylation sites (N-methyl/N-ethyl adjacent to an activating group) is 1. The summed E-state index contributed by atoms with van der Waals surface area (Å²) in [6.07, 6.45) is 16.5. The molecule has 2 aromatic rings. The number of carbonyl (C=O) groups excluding carboxylic acids is 2. The van der Waals surface area contributed by atoms with Gasteiger partial charge in [-0.05, 0) is 56.5 Å². The Balaban J connectivity index is 1.62. The van der Waals surface area contributed by atoms with E-state index in [1.165, 1.54) is 64.2 Å². The lowest BCUT2D eigenvalue weighted by molar-refractivity contribution is -0.130. The zero-order valence-electron chi connectivity index (χ0n) is 26.3. The molecule has 0 bridgehead atoms. The lowest BCUT2D eigenvalue weighted by Crippen LogP contribution is -2.41. The van der Waals surface area contributed by atoms with Crippen molar-refractivity contribution in [2.24, 2.45) is 4.99 Å². The second-order valence-corrected chi connectivity index (χ2v) is 12.4. The standard InChI is InChI=1S/C35H51N3O3S/c1-5-8-10-12-14-18-24-38(25-19-15-13-11-9-6-2)32(39)27-37(7-3)33-23-22-29(42-33)26-31-35(40)41-34(36-31)30-21-17-16-20-28(30)4/h16-17,20-23,26H,5-15,18-19,24-25,27H2,1-4H3/b31-26+. The molecule has 0 spiro atoms. The number of benzene rings is 1. The molecule has 0 aliphatic carbocycles. The first-order chi connectivity index (χ1) is 20.5. The number of amides is 1. The summed E-state index contributed by atoms with van der Waals surface area (Å²) in [5, 5.41) is 1.02. The molecule has 7 heteroatoms. The largest absolute Gasteiger partial charge is 0.402 e. The van der Waals surface area contributed by atoms with Gasteiger partial charge < -0.3 is 14.5 Å². The van der Waals surface area contributed by atoms with Crippen LogP contribution in [0.15, 0.2) is 47.1 Å². The Morgan fingerprint density at radius 3 is 2.10 bits per heavy atom. The first kappa shape index (κ1) is 33.6. The van der Waals surface area contributed by atoms with Gasteiger partial charge in [0.05, 0.1) is 11.5 Å². The number of nitrogens with zero attached hydrogens (tertiary/aromatic N) is 3. The van der Waals surface area contributed by atoms with Gasteiger partial charge >= 0.3 is 5.97 Å². The second kappa shape index (κ2) is 18.6. The Labute approximate surface area is 257 Å². The lowest BCUT2D eigenvalue weighted by Gasteiger charge is -2.27. The van der Waals surface area contributed by atoms with E-state index in [2.05, 4.69) is 35.6 Å². The van der Waals surface area contributed by atoms with E-state index >= 15 is 0 Å². The van der Waals surface area contributed by atoms with Crippen molar-refractivity contribution in [2.75, 3.05) is 31.1 Å². The topological polar surface area (TPSA) is 62.2 Å². The van der Waals surface area contributed by atoms with E-state index in [0.717, 1.165) is 53.5 Å². The predicted octanol–water partition coefficient (Wildman–Crippen LogP) is 8.78. The molecule has 2 heterocycles. The number of aliphatic imine (C=N–C) groups is 1. The van der Waals surface area contributed by atoms with Crippen LogP contribution in [0, 0.1) is 6.92 Å². The van der Waals surface area contributed by atoms with Crippen LogP contribution in [0.3, 0.4) is 0 Å². The number of anilines is 1. The Hall–Kier alpha value is -2.93. The first-order valence-corrected chi connectivity index (χ1v) is 17.0. The van der Waals surface area contributed by atoms with Crippen molar-refractivity contribution in [1.82, 2.24) is 4.90 Å². The number of hydrogen-bond acceptors (Lipinski definition) is 6. The molecular formula is C35H51N3O3S. The molecule has 1 aromatic carbocycles. The molecule has 0 fully saturated rings. The van der Waals surface area contributed by atoms with E-state index in [1.807, 2.05) is 43.3 Å². The predicted molar refractivity (Wildman–Crippen MR) is 177 cm³/mol. The summed E-state index contributed by atoms with van der Waals surface area (Å²) < 4.78 is 5.47. The van der Waals surface area contributed by atoms with Crippen molar-refractivity contribution in [2.45, 2.75) is 105 Å². The quantitative estimate of drug-likeness (QED) is 0.0875. The van der Waals surface area contributed by atoms with Gasteiger partial charge in [-0.2, -0.15) is 0 Å². The molecule has 0 unspecified atom stereocenters. The molecule has 0 saturated heterocycles. The fraction of sp³-hybridized carbons (Fsp3) is 0.571. The molecule has 1 aliphatic heterocycles. The van der Waals surface area contributed by atoms with E-state index in [0.29, 0.717) is 18.1 Å². The third kappa shape index (κ3) is 10.7. The molecule has 1 amide bonds. The number of esters is 1. The number of carbonyl (C=O) groups is 2. The Morgan fingerprint density at radius 1 is 0.857 bits per heavy atom. The highest BCUT2D eigenvalue weighted by Crippen LogP contribution is 2.29. The average molecular weight is 594 g/mol. The minimum absolute atomic E-state index is 0.208. The van der Waals surface area contributed by atoms with Crippen LogP contribution in [0.1, 0.15) is 114 Å². The van der Waals surface area contributed by atoms with Gasteiger partial charge in [0.2, 0.25) is 11.8 Å². The van der Waals surface area contributed by atoms with Gasteiger partial charge in [0.1, 0.15) is 0 Å². The molecule has 3 rings (SSSR count). The molecule has 0 radical (unpaired) electrons. The van der Waals surface area contributed by atoms with Crippen LogP contribution < -0.4 is 4.90 Å². The third-order valence-electron chi connectivity index (χ3n) is 7.82. The molecule has 6 nitrogen and oxygen atoms in total. The van der Waals surface area contributed by atoms with Crippen molar-refractivity contribution >= 4 is 40.2 Å². The smallest absolute Gasteiger partial charge is 0.363 e. The second-order valence-electron chi connectivity index (χ2n) is 11.3. The zero-order valence-corrected chi connectivity index (χ0v) is 27.1. The van der Waals surface area contributed by atoms with Crippen LogP contribution in [0.2, 0.25) is 0 Å². The SMILES string of the molecule is CCCCCCCCN(CCCCCCCC)C(=O)CN(CC)c1ccc(/C=C2/N=C(c3ccccc3C)OC2=O)s1. The number of rotatable bonds is 20. The number of unbranched alkanes of at least 4 members (excludes halogenated alkanes) is 10. The lowest BCUT2D eigenvalue weighted by atomic mass is 10.1. The van der Waals surface area contributed by atoms with Crippen molar-refractivity contribution in [3.63, 3.8) is 0 Å². The Kier molecular flexibility index (Phi) is 14.8. The van der Waals surface area contributed by atoms with Crippen molar-refractivity contribution < 1.29 is 14.3 Å². The normalized spacial score (nSPS) is 13.9. The highest BCUT2D eigenvalue weighted by molar-refractivity contribution is 7.17. The Bertz CT molecular complexity index is 1170. The summed E-state index contributed by atoms with van der Waals surface area (Å²) in [5.74, 6) is 0.114. The van der Waals surface area contributed by atoms with Crippen molar-refractivity contribution in [3.05, 3.63) is 58.1 Å². The van der Waals surface area contributed by atoms with E-state index in [4.69, 9.17) is 4.74 Å². The van der Waals surface area contributed by atoms with Crippen molar-refractivity contribution in [3.8, 4) is 0 Å². The number of ether oxygens (including phenoxy) is 1. The van der Waals surface area contributed by atoms with Crippen LogP contribution in [0.4, 0.5) is 5.00 Å². The van der Waals surface area contributed by atoms with Gasteiger partial charge in [0, 0.05) is 30.1 Å². The van der Waals surface area contributed by atoms with E-state index in [1.54, 1.807) is 17.4 Å². The summed E-state index contributed by atoms with van der Waals surface area (Å²) in [7, 11) is 0. The fourth-order valence-corrected chi connectivity index (χ4v) is 6.20. The van der Waals surface area contributed by atoms with E-state index in [9.17, 15) is 9.59 Å². The summed E-state index contributed by atoms with van der Waals surface area (Å²) in [6.45, 7) is 11.4. The maximum Gasteiger partial charge on any atom is 0.363 e. The molecule has 1 aromatic heterocycles. The molecular weight excluding hydrogens is 542 g/mol. The van der Waals surface area contributed by atoms with Crippen LogP contribution >= 0.6 is 11.3 Å². The van der Waals surface area contributed by atoms with Gasteiger partial charge in [-0.25, -0.2) is 9.79 Å². The number of aryl methyl sites for hydroxylation is 1. The summed E-state index contributed by atoms with van der Waals surface area (Å²) in [5.41, 5.74) is 2.13. The van der Waals surface area contributed by atoms with Gasteiger partial charge in [0.15, 0.2) is 5.70 Å². The number of cyclic esters (lactones) is 1. The van der Waals surface area contributed by atoms with Crippen LogP contribution in [0.5, 0.6) is 0 Å². The van der Waals surface area contributed by atoms with Crippen LogP contribution in [-0.2, 0) is 14.3 Å². The minimum atomic E-state index is -0.439. The molecule has 0 saturated carbocycles. The summed E-state index contributed by atoms with van der Waals surface area (Å²) in [4.78, 5) is 35.7. The van der Waals surface area contributed by atoms with Gasteiger partial charge in [-0.15, -0.1) is 11.3 Å². The maximum absolute atomic E-state index is 13.5. The molecule has 230 valence electrons. The summed E-state index contributed by atoms with van der Waals surface area (Å²) in [6, 6.07) is 11.8. The zero-order chi connectivity index (χ0) is 30.2. The molecule has 42 heavy (non-hydrogen) atoms. The highest BCUT2D eigenvalue weighted by atomic mass is 32.1. The van der Waals surface area contributed by atoms with Crippen LogP contribution in [0.25, 0.3) is 6.08 Å². The Morgan fingerprint density at radius 2 is 1.48 bits per heavy atom. The van der Waals surface area contributed by atoms with Gasteiger partial charge in [0.25, 0.3) is 0 Å². The van der Waals surface area contributed by atoms with Gasteiger partial charge in [-0.1, -0.05) is 96.3 Å². The van der Waals surface area contributed by atoms with Crippen LogP contribution in [-0.4, -0.2) is 48.9 Å². The number of thiophene rings is 1. The van der Waals surface area contributed by atoms with Gasteiger partial charge in [-0.3, -0.25) is 4.79 Å². The first-order valence-electron chi connectivity index (χ1n) is 16.2. The maximum atomic E-state index is 13.5. The van der Waals surface area contributed by atoms with Crippen molar-refractivity contribution in [1.29, 1.82) is 0 Å². The molecule has 0 N–H and O–H groups in total. The molecule has 0 atom stereocenters. The minimum Gasteiger partial charge on any atom is -0.402 e. The number of hydrogen-bond donors (Lipinski definition) is 0. The summed E-state index contributed by atoms with van der Waals surface area (Å²) >= 11 is 1.57. The monoisotopic (exact) mass is 593 g/mol. The third-order valence-corrected chi connectivity index (χ3v) is 8.92. The van der Waals surface area contributed by atoms with E-state index in [-0.39, 0.29) is 5.91 Å². The highest BCUT2D eigenvalue weighted by Gasteiger charge is 2.25.